The molecule has 2 aliphatic rings. The van der Waals surface area contributed by atoms with Crippen LogP contribution in [0.3, 0.4) is 0 Å². The highest BCUT2D eigenvalue weighted by Gasteiger charge is 2.30. The Morgan fingerprint density at radius 1 is 1.29 bits per heavy atom. The molecule has 0 aromatic carbocycles. The molecule has 5 heteroatoms. The molecule has 1 amide bonds. The van der Waals surface area contributed by atoms with Crippen molar-refractivity contribution in [3.63, 3.8) is 0 Å². The van der Waals surface area contributed by atoms with Crippen LogP contribution in [0.25, 0.3) is 0 Å². The fourth-order valence-electron chi connectivity index (χ4n) is 1.76. The van der Waals surface area contributed by atoms with E-state index in [2.05, 4.69) is 10.3 Å². The number of nitrogens with one attached hydrogen (secondary N) is 1. The molecule has 1 saturated heterocycles. The van der Waals surface area contributed by atoms with E-state index < -0.39 is 6.29 Å². The van der Waals surface area contributed by atoms with E-state index in [1.165, 1.54) is 0 Å². The molecule has 2 heterocycles. The first-order valence-electron chi connectivity index (χ1n) is 5.84. The minimum absolute atomic E-state index is 0.0582. The zero-order valence-electron chi connectivity index (χ0n) is 9.39. The molecule has 0 unspecified atom stereocenters. The standard InChI is InChI=1S/C12H14N2O3/c15-11(8-4-5-8)14-10-3-1-2-9(13-10)12-16-6-7-17-12/h1-3,8,12H,4-7H2,(H,13,14,15). The van der Waals surface area contributed by atoms with Crippen LogP contribution in [-0.4, -0.2) is 24.1 Å². The summed E-state index contributed by atoms with van der Waals surface area (Å²) in [6.07, 6.45) is 1.58. The van der Waals surface area contributed by atoms with Gasteiger partial charge >= 0.3 is 0 Å². The lowest BCUT2D eigenvalue weighted by Crippen LogP contribution is -2.15. The van der Waals surface area contributed by atoms with E-state index in [4.69, 9.17) is 9.47 Å². The molecule has 1 aliphatic carbocycles. The van der Waals surface area contributed by atoms with Crippen LogP contribution in [0.5, 0.6) is 0 Å². The number of carbonyl (C=O) groups is 1. The van der Waals surface area contributed by atoms with Gasteiger partial charge in [-0.3, -0.25) is 4.79 Å². The third-order valence-corrected chi connectivity index (χ3v) is 2.83. The molecule has 1 aromatic heterocycles. The Labute approximate surface area is 99.1 Å². The summed E-state index contributed by atoms with van der Waals surface area (Å²) in [5.74, 6) is 0.806. The van der Waals surface area contributed by atoms with E-state index in [-0.39, 0.29) is 11.8 Å². The number of ether oxygens (including phenoxy) is 2. The van der Waals surface area contributed by atoms with E-state index >= 15 is 0 Å². The van der Waals surface area contributed by atoms with Crippen molar-refractivity contribution in [2.24, 2.45) is 5.92 Å². The van der Waals surface area contributed by atoms with Crippen molar-refractivity contribution in [2.75, 3.05) is 18.5 Å². The molecular formula is C12H14N2O3. The van der Waals surface area contributed by atoms with Crippen molar-refractivity contribution in [2.45, 2.75) is 19.1 Å². The zero-order chi connectivity index (χ0) is 11.7. The van der Waals surface area contributed by atoms with Gasteiger partial charge in [0.1, 0.15) is 5.82 Å². The summed E-state index contributed by atoms with van der Waals surface area (Å²) >= 11 is 0. The first-order valence-corrected chi connectivity index (χ1v) is 5.84. The van der Waals surface area contributed by atoms with Gasteiger partial charge in [-0.25, -0.2) is 4.98 Å². The zero-order valence-corrected chi connectivity index (χ0v) is 9.39. The highest BCUT2D eigenvalue weighted by molar-refractivity contribution is 5.93. The quantitative estimate of drug-likeness (QED) is 0.860. The van der Waals surface area contributed by atoms with Crippen LogP contribution in [0.1, 0.15) is 24.8 Å². The molecule has 2 fully saturated rings. The molecule has 0 atom stereocenters. The van der Waals surface area contributed by atoms with Crippen LogP contribution < -0.4 is 5.32 Å². The van der Waals surface area contributed by atoms with Gasteiger partial charge in [-0.05, 0) is 25.0 Å². The summed E-state index contributed by atoms with van der Waals surface area (Å²) in [5, 5.41) is 2.81. The second kappa shape index (κ2) is 4.43. The van der Waals surface area contributed by atoms with Gasteiger partial charge in [-0.15, -0.1) is 0 Å². The van der Waals surface area contributed by atoms with Crippen LogP contribution in [0.15, 0.2) is 18.2 Å². The third kappa shape index (κ3) is 2.45. The predicted octanol–water partition coefficient (Wildman–Crippen LogP) is 1.48. The van der Waals surface area contributed by atoms with Crippen LogP contribution in [0.2, 0.25) is 0 Å². The molecule has 1 aromatic rings. The van der Waals surface area contributed by atoms with Crippen molar-refractivity contribution < 1.29 is 14.3 Å². The number of anilines is 1. The van der Waals surface area contributed by atoms with Crippen molar-refractivity contribution in [3.8, 4) is 0 Å². The lowest BCUT2D eigenvalue weighted by atomic mass is 10.3. The molecule has 1 aliphatic heterocycles. The maximum Gasteiger partial charge on any atom is 0.228 e. The maximum atomic E-state index is 11.6. The molecule has 1 saturated carbocycles. The van der Waals surface area contributed by atoms with Gasteiger partial charge in [0.25, 0.3) is 0 Å². The molecule has 3 rings (SSSR count). The lowest BCUT2D eigenvalue weighted by Gasteiger charge is -2.10. The fraction of sp³-hybridized carbons (Fsp3) is 0.500. The number of carbonyl (C=O) groups excluding carboxylic acids is 1. The molecule has 0 radical (unpaired) electrons. The molecule has 17 heavy (non-hydrogen) atoms. The first-order chi connectivity index (χ1) is 8.33. The summed E-state index contributed by atoms with van der Waals surface area (Å²) in [6, 6.07) is 5.46. The second-order valence-corrected chi connectivity index (χ2v) is 4.28. The highest BCUT2D eigenvalue weighted by Crippen LogP contribution is 2.30. The van der Waals surface area contributed by atoms with Crippen molar-refractivity contribution >= 4 is 11.7 Å². The number of pyridine rings is 1. The Hall–Kier alpha value is -1.46. The Morgan fingerprint density at radius 3 is 2.76 bits per heavy atom. The smallest absolute Gasteiger partial charge is 0.228 e. The lowest BCUT2D eigenvalue weighted by molar-refractivity contribution is -0.117. The Balaban J connectivity index is 1.71. The van der Waals surface area contributed by atoms with Gasteiger partial charge in [0.05, 0.1) is 18.9 Å². The maximum absolute atomic E-state index is 11.6. The van der Waals surface area contributed by atoms with Gasteiger partial charge in [-0.1, -0.05) is 6.07 Å². The van der Waals surface area contributed by atoms with Gasteiger partial charge < -0.3 is 14.8 Å². The van der Waals surface area contributed by atoms with Gasteiger partial charge in [0.15, 0.2) is 0 Å². The molecule has 0 spiro atoms. The van der Waals surface area contributed by atoms with E-state index in [9.17, 15) is 4.79 Å². The van der Waals surface area contributed by atoms with Crippen LogP contribution >= 0.6 is 0 Å². The average molecular weight is 234 g/mol. The molecule has 1 N–H and O–H groups in total. The van der Waals surface area contributed by atoms with E-state index in [0.29, 0.717) is 24.7 Å². The normalized spacial score (nSPS) is 20.5. The third-order valence-electron chi connectivity index (χ3n) is 2.83. The molecule has 90 valence electrons. The SMILES string of the molecule is O=C(Nc1cccc(C2OCCO2)n1)C1CC1. The Kier molecular flexibility index (Phi) is 2.78. The summed E-state index contributed by atoms with van der Waals surface area (Å²) in [6.45, 7) is 1.18. The van der Waals surface area contributed by atoms with Crippen molar-refractivity contribution in [1.29, 1.82) is 0 Å². The Morgan fingerprint density at radius 2 is 2.06 bits per heavy atom. The summed E-state index contributed by atoms with van der Waals surface area (Å²) < 4.78 is 10.7. The molecule has 0 bridgehead atoms. The van der Waals surface area contributed by atoms with Gasteiger partial charge in [0.2, 0.25) is 12.2 Å². The van der Waals surface area contributed by atoms with Gasteiger partial charge in [0, 0.05) is 5.92 Å². The minimum Gasteiger partial charge on any atom is -0.345 e. The van der Waals surface area contributed by atoms with E-state index in [1.54, 1.807) is 6.07 Å². The number of rotatable bonds is 3. The van der Waals surface area contributed by atoms with Gasteiger partial charge in [-0.2, -0.15) is 0 Å². The average Bonchev–Trinajstić information content (AvgIpc) is 3.05. The number of hydrogen-bond donors (Lipinski definition) is 1. The highest BCUT2D eigenvalue weighted by atomic mass is 16.7. The van der Waals surface area contributed by atoms with E-state index in [0.717, 1.165) is 12.8 Å². The van der Waals surface area contributed by atoms with Crippen molar-refractivity contribution in [1.82, 2.24) is 4.98 Å². The summed E-state index contributed by atoms with van der Waals surface area (Å²) in [4.78, 5) is 15.9. The Bertz CT molecular complexity index is 426. The first kappa shape index (κ1) is 10.7. The predicted molar refractivity (Wildman–Crippen MR) is 60.2 cm³/mol. The van der Waals surface area contributed by atoms with Crippen molar-refractivity contribution in [3.05, 3.63) is 23.9 Å². The number of nitrogens with zero attached hydrogens (tertiary/aromatic N) is 1. The molecule has 5 nitrogen and oxygen atoms in total. The monoisotopic (exact) mass is 234 g/mol. The number of hydrogen-bond acceptors (Lipinski definition) is 4. The van der Waals surface area contributed by atoms with Crippen LogP contribution in [0, 0.1) is 5.92 Å². The topological polar surface area (TPSA) is 60.5 Å². The van der Waals surface area contributed by atoms with Crippen LogP contribution in [0.4, 0.5) is 5.82 Å². The van der Waals surface area contributed by atoms with Crippen LogP contribution in [-0.2, 0) is 14.3 Å². The largest absolute Gasteiger partial charge is 0.345 e. The van der Waals surface area contributed by atoms with E-state index in [1.807, 2.05) is 12.1 Å². The molecular weight excluding hydrogens is 220 g/mol. The summed E-state index contributed by atoms with van der Waals surface area (Å²) in [7, 11) is 0. The number of aromatic nitrogens is 1. The second-order valence-electron chi connectivity index (χ2n) is 4.28. The fourth-order valence-corrected chi connectivity index (χ4v) is 1.76. The minimum atomic E-state index is -0.396. The number of amides is 1. The summed E-state index contributed by atoms with van der Waals surface area (Å²) in [5.41, 5.74) is 0.705.